The minimum Gasteiger partial charge on any atom is -0.497 e. The number of carbonyl (C=O) groups is 1. The summed E-state index contributed by atoms with van der Waals surface area (Å²) in [4.78, 5) is 12.6. The zero-order valence-electron chi connectivity index (χ0n) is 15.4. The molecule has 0 spiro atoms. The van der Waals surface area contributed by atoms with Crippen LogP contribution in [0.3, 0.4) is 0 Å². The minimum atomic E-state index is -0.598. The van der Waals surface area contributed by atoms with E-state index in [4.69, 9.17) is 9.47 Å². The molecule has 0 radical (unpaired) electrons. The molecule has 0 aliphatic rings. The Bertz CT molecular complexity index is 909. The summed E-state index contributed by atoms with van der Waals surface area (Å²) in [6, 6.07) is 15.2. The summed E-state index contributed by atoms with van der Waals surface area (Å²) < 4.78 is 11.0. The highest BCUT2D eigenvalue weighted by Gasteiger charge is 2.21. The number of aromatic nitrogens is 2. The third-order valence-corrected chi connectivity index (χ3v) is 4.91. The zero-order valence-corrected chi connectivity index (χ0v) is 16.2. The van der Waals surface area contributed by atoms with E-state index < -0.39 is 6.10 Å². The highest BCUT2D eigenvalue weighted by Crippen LogP contribution is 2.28. The molecule has 1 amide bonds. The van der Waals surface area contributed by atoms with Crippen molar-refractivity contribution < 1.29 is 14.3 Å². The second kappa shape index (κ2) is 8.64. The van der Waals surface area contributed by atoms with Crippen molar-refractivity contribution in [3.8, 4) is 22.1 Å². The molecule has 0 saturated heterocycles. The third-order valence-electron chi connectivity index (χ3n) is 4.02. The van der Waals surface area contributed by atoms with Crippen LogP contribution in [0.1, 0.15) is 18.9 Å². The van der Waals surface area contributed by atoms with Crippen molar-refractivity contribution in [3.63, 3.8) is 0 Å². The van der Waals surface area contributed by atoms with Crippen molar-refractivity contribution in [2.24, 2.45) is 0 Å². The first-order valence-corrected chi connectivity index (χ1v) is 9.43. The Morgan fingerprint density at radius 3 is 2.56 bits per heavy atom. The van der Waals surface area contributed by atoms with Gasteiger partial charge < -0.3 is 9.47 Å². The molecule has 27 heavy (non-hydrogen) atoms. The van der Waals surface area contributed by atoms with Gasteiger partial charge in [0.15, 0.2) is 6.10 Å². The van der Waals surface area contributed by atoms with Crippen molar-refractivity contribution in [1.29, 1.82) is 0 Å². The number of carbonyl (C=O) groups excluding carboxylic acids is 1. The molecule has 0 bridgehead atoms. The van der Waals surface area contributed by atoms with Crippen LogP contribution in [0.15, 0.2) is 48.5 Å². The lowest BCUT2D eigenvalue weighted by Gasteiger charge is -2.17. The molecule has 3 rings (SSSR count). The van der Waals surface area contributed by atoms with E-state index in [1.807, 2.05) is 62.4 Å². The normalized spacial score (nSPS) is 11.7. The summed E-state index contributed by atoms with van der Waals surface area (Å²) in [5.74, 6) is 1.24. The fourth-order valence-corrected chi connectivity index (χ4v) is 3.23. The number of amides is 1. The average molecular weight is 383 g/mol. The number of rotatable bonds is 7. The molecule has 7 heteroatoms. The number of ether oxygens (including phenoxy) is 2. The Balaban J connectivity index is 1.67. The summed E-state index contributed by atoms with van der Waals surface area (Å²) in [6.45, 7) is 3.86. The molecule has 1 N–H and O–H groups in total. The highest BCUT2D eigenvalue weighted by molar-refractivity contribution is 7.18. The van der Waals surface area contributed by atoms with Gasteiger partial charge in [0.05, 0.1) is 7.11 Å². The van der Waals surface area contributed by atoms with Gasteiger partial charge in [-0.15, -0.1) is 10.2 Å². The van der Waals surface area contributed by atoms with Gasteiger partial charge >= 0.3 is 0 Å². The van der Waals surface area contributed by atoms with Crippen LogP contribution in [0.2, 0.25) is 0 Å². The van der Waals surface area contributed by atoms with E-state index in [0.29, 0.717) is 17.3 Å². The van der Waals surface area contributed by atoms with Gasteiger partial charge in [-0.3, -0.25) is 10.1 Å². The summed E-state index contributed by atoms with van der Waals surface area (Å²) in [5, 5.41) is 12.2. The molecule has 2 aromatic carbocycles. The van der Waals surface area contributed by atoms with E-state index in [1.54, 1.807) is 7.11 Å². The number of hydrogen-bond donors (Lipinski definition) is 1. The predicted octanol–water partition coefficient (Wildman–Crippen LogP) is 4.32. The molecular weight excluding hydrogens is 362 g/mol. The number of para-hydroxylation sites is 1. The summed E-state index contributed by atoms with van der Waals surface area (Å²) in [5.41, 5.74) is 1.90. The molecule has 0 saturated carbocycles. The van der Waals surface area contributed by atoms with Gasteiger partial charge in [-0.1, -0.05) is 36.5 Å². The Kier molecular flexibility index (Phi) is 6.03. The number of hydrogen-bond acceptors (Lipinski definition) is 6. The lowest BCUT2D eigenvalue weighted by molar-refractivity contribution is -0.122. The molecular formula is C20H21N3O3S. The van der Waals surface area contributed by atoms with Gasteiger partial charge in [0, 0.05) is 5.56 Å². The van der Waals surface area contributed by atoms with E-state index in [9.17, 15) is 4.79 Å². The van der Waals surface area contributed by atoms with Crippen molar-refractivity contribution >= 4 is 22.4 Å². The molecule has 6 nitrogen and oxygen atoms in total. The van der Waals surface area contributed by atoms with Crippen molar-refractivity contribution in [2.45, 2.75) is 26.4 Å². The van der Waals surface area contributed by atoms with Crippen molar-refractivity contribution in [2.75, 3.05) is 12.4 Å². The summed E-state index contributed by atoms with van der Waals surface area (Å²) >= 11 is 1.31. The first-order chi connectivity index (χ1) is 13.1. The van der Waals surface area contributed by atoms with Gasteiger partial charge in [-0.25, -0.2) is 0 Å². The Labute approximate surface area is 162 Å². The maximum absolute atomic E-state index is 12.6. The Morgan fingerprint density at radius 2 is 1.89 bits per heavy atom. The smallest absolute Gasteiger partial charge is 0.267 e. The molecule has 1 heterocycles. The standard InChI is InChI=1S/C20H21N3O3S/c1-4-16(26-17-8-6-5-7-13(17)2)18(24)21-20-23-22-19(27-20)14-9-11-15(25-3)12-10-14/h5-12,16H,4H2,1-3H3,(H,21,23,24). The second-order valence-electron chi connectivity index (χ2n) is 5.91. The molecule has 0 aliphatic heterocycles. The van der Waals surface area contributed by atoms with E-state index in [-0.39, 0.29) is 5.91 Å². The van der Waals surface area contributed by atoms with Crippen LogP contribution in [0.25, 0.3) is 10.6 Å². The zero-order chi connectivity index (χ0) is 19.2. The van der Waals surface area contributed by atoms with Gasteiger partial charge in [0.25, 0.3) is 5.91 Å². The Morgan fingerprint density at radius 1 is 1.15 bits per heavy atom. The molecule has 140 valence electrons. The number of benzene rings is 2. The number of methoxy groups -OCH3 is 1. The number of nitrogens with one attached hydrogen (secondary N) is 1. The SMILES string of the molecule is CCC(Oc1ccccc1C)C(=O)Nc1nnc(-c2ccc(OC)cc2)s1. The van der Waals surface area contributed by atoms with Crippen LogP contribution >= 0.6 is 11.3 Å². The van der Waals surface area contributed by atoms with Crippen LogP contribution in [0.4, 0.5) is 5.13 Å². The van der Waals surface area contributed by atoms with Crippen LogP contribution < -0.4 is 14.8 Å². The molecule has 1 unspecified atom stereocenters. The van der Waals surface area contributed by atoms with Crippen LogP contribution in [-0.2, 0) is 4.79 Å². The van der Waals surface area contributed by atoms with Crippen LogP contribution in [0, 0.1) is 6.92 Å². The largest absolute Gasteiger partial charge is 0.497 e. The lowest BCUT2D eigenvalue weighted by Crippen LogP contribution is -2.32. The molecule has 3 aromatic rings. The van der Waals surface area contributed by atoms with Crippen LogP contribution in [-0.4, -0.2) is 29.3 Å². The van der Waals surface area contributed by atoms with Crippen LogP contribution in [0.5, 0.6) is 11.5 Å². The maximum atomic E-state index is 12.6. The molecule has 0 fully saturated rings. The number of anilines is 1. The fourth-order valence-electron chi connectivity index (χ4n) is 2.47. The fraction of sp³-hybridized carbons (Fsp3) is 0.250. The first kappa shape index (κ1) is 18.8. The maximum Gasteiger partial charge on any atom is 0.267 e. The average Bonchev–Trinajstić information content (AvgIpc) is 3.15. The third kappa shape index (κ3) is 4.62. The molecule has 1 aromatic heterocycles. The molecule has 1 atom stereocenters. The number of nitrogens with zero attached hydrogens (tertiary/aromatic N) is 2. The summed E-state index contributed by atoms with van der Waals surface area (Å²) in [7, 11) is 1.62. The number of aryl methyl sites for hydroxylation is 1. The van der Waals surface area contributed by atoms with Crippen molar-refractivity contribution in [1.82, 2.24) is 10.2 Å². The minimum absolute atomic E-state index is 0.238. The Hall–Kier alpha value is -2.93. The van der Waals surface area contributed by atoms with E-state index in [2.05, 4.69) is 15.5 Å². The highest BCUT2D eigenvalue weighted by atomic mass is 32.1. The topological polar surface area (TPSA) is 73.3 Å². The monoisotopic (exact) mass is 383 g/mol. The first-order valence-electron chi connectivity index (χ1n) is 8.61. The second-order valence-corrected chi connectivity index (χ2v) is 6.89. The van der Waals surface area contributed by atoms with E-state index >= 15 is 0 Å². The van der Waals surface area contributed by atoms with E-state index in [1.165, 1.54) is 11.3 Å². The van der Waals surface area contributed by atoms with Gasteiger partial charge in [-0.05, 0) is 49.2 Å². The quantitative estimate of drug-likeness (QED) is 0.658. The van der Waals surface area contributed by atoms with Gasteiger partial charge in [-0.2, -0.15) is 0 Å². The predicted molar refractivity (Wildman–Crippen MR) is 106 cm³/mol. The summed E-state index contributed by atoms with van der Waals surface area (Å²) in [6.07, 6.45) is -0.0518. The molecule has 0 aliphatic carbocycles. The van der Waals surface area contributed by atoms with E-state index in [0.717, 1.165) is 21.9 Å². The lowest BCUT2D eigenvalue weighted by atomic mass is 10.2. The van der Waals surface area contributed by atoms with Gasteiger partial charge in [0.1, 0.15) is 16.5 Å². The van der Waals surface area contributed by atoms with Gasteiger partial charge in [0.2, 0.25) is 5.13 Å². The van der Waals surface area contributed by atoms with Crippen molar-refractivity contribution in [3.05, 3.63) is 54.1 Å².